The molecule has 0 rings (SSSR count). The predicted molar refractivity (Wildman–Crippen MR) is 42.4 cm³/mol. The summed E-state index contributed by atoms with van der Waals surface area (Å²) in [5.41, 5.74) is 2.24. The fourth-order valence-corrected chi connectivity index (χ4v) is 0.448. The second-order valence-corrected chi connectivity index (χ2v) is 1.94. The van der Waals surface area contributed by atoms with Gasteiger partial charge in [-0.15, -0.1) is 0 Å². The number of hydrogen-bond acceptors (Lipinski definition) is 0. The summed E-state index contributed by atoms with van der Waals surface area (Å²) in [6, 6.07) is 0. The van der Waals surface area contributed by atoms with E-state index in [1.54, 1.807) is 0 Å². The molecule has 0 saturated heterocycles. The monoisotopic (exact) mass is 126 g/mol. The summed E-state index contributed by atoms with van der Waals surface area (Å²) in [5.74, 6) is 0. The molecule has 1 heteroatoms. The Balaban J connectivity index is 0. The minimum Gasteiger partial charge on any atom is -0.412 e. The molecule has 0 aromatic heterocycles. The van der Waals surface area contributed by atoms with Gasteiger partial charge in [0.05, 0.1) is 0 Å². The highest BCUT2D eigenvalue weighted by molar-refractivity contribution is 5.23. The Morgan fingerprint density at radius 2 is 1.78 bits per heavy atom. The third kappa shape index (κ3) is 7.18. The van der Waals surface area contributed by atoms with E-state index in [2.05, 4.69) is 13.2 Å². The van der Waals surface area contributed by atoms with Crippen molar-refractivity contribution in [1.82, 2.24) is 0 Å². The van der Waals surface area contributed by atoms with Gasteiger partial charge in [0.25, 0.3) is 0 Å². The van der Waals surface area contributed by atoms with Crippen LogP contribution in [0, 0.1) is 0 Å². The van der Waals surface area contributed by atoms with Crippen LogP contribution < -0.4 is 0 Å². The largest absolute Gasteiger partial charge is 0.412 e. The summed E-state index contributed by atoms with van der Waals surface area (Å²) < 4.78 is 0. The molecule has 0 radical (unpaired) electrons. The third-order valence-corrected chi connectivity index (χ3v) is 0.796. The van der Waals surface area contributed by atoms with Crippen molar-refractivity contribution in [3.63, 3.8) is 0 Å². The molecule has 0 aliphatic carbocycles. The molecular weight excluding hydrogens is 112 g/mol. The van der Waals surface area contributed by atoms with Crippen LogP contribution in [0.2, 0.25) is 0 Å². The van der Waals surface area contributed by atoms with Gasteiger partial charge in [0.2, 0.25) is 0 Å². The van der Waals surface area contributed by atoms with E-state index in [4.69, 9.17) is 0 Å². The van der Waals surface area contributed by atoms with Crippen LogP contribution in [0.4, 0.5) is 0 Å². The zero-order valence-corrected chi connectivity index (χ0v) is 6.07. The lowest BCUT2D eigenvalue weighted by atomic mass is 10.2. The van der Waals surface area contributed by atoms with E-state index in [9.17, 15) is 0 Å². The van der Waals surface area contributed by atoms with Crippen molar-refractivity contribution >= 4 is 0 Å². The Hall–Kier alpha value is -0.820. The number of hydrogen-bond donors (Lipinski definition) is 0. The summed E-state index contributed by atoms with van der Waals surface area (Å²) in [6.45, 7) is 11.3. The third-order valence-electron chi connectivity index (χ3n) is 0.796. The maximum atomic E-state index is 3.72. The fraction of sp³-hybridized carbons (Fsp3) is 0.250. The van der Waals surface area contributed by atoms with Gasteiger partial charge >= 0.3 is 0 Å². The molecule has 0 amide bonds. The van der Waals surface area contributed by atoms with Crippen molar-refractivity contribution in [1.29, 1.82) is 0 Å². The maximum absolute atomic E-state index is 3.72. The van der Waals surface area contributed by atoms with Crippen molar-refractivity contribution in [3.05, 3.63) is 36.5 Å². The van der Waals surface area contributed by atoms with Crippen LogP contribution in [-0.2, 0) is 0 Å². The highest BCUT2D eigenvalue weighted by Gasteiger charge is 1.76. The first kappa shape index (κ1) is 11.0. The molecule has 0 bridgehead atoms. The molecule has 9 heavy (non-hydrogen) atoms. The highest BCUT2D eigenvalue weighted by Crippen LogP contribution is 1.97. The van der Waals surface area contributed by atoms with E-state index in [1.807, 2.05) is 26.0 Å². The van der Waals surface area contributed by atoms with Crippen LogP contribution in [0.1, 0.15) is 13.8 Å². The number of rotatable bonds is 2. The van der Waals surface area contributed by atoms with Gasteiger partial charge in [-0.3, -0.25) is 0 Å². The van der Waals surface area contributed by atoms with Crippen LogP contribution >= 0.6 is 0 Å². The zero-order valence-electron chi connectivity index (χ0n) is 6.07. The lowest BCUT2D eigenvalue weighted by Gasteiger charge is -1.87. The molecule has 0 heterocycles. The van der Waals surface area contributed by atoms with Crippen LogP contribution in [0.15, 0.2) is 36.5 Å². The standard InChI is InChI=1S/C8H12.H2O/c1-5-8(4)6-7(2)3;/h5-6H,1-2H2,3-4H3;1H2/b8-6-;. The van der Waals surface area contributed by atoms with Crippen LogP contribution in [0.5, 0.6) is 0 Å². The maximum Gasteiger partial charge on any atom is -0.0398 e. The molecular formula is C8H14O. The van der Waals surface area contributed by atoms with Crippen LogP contribution in [0.3, 0.4) is 0 Å². The molecule has 1 nitrogen and oxygen atoms in total. The molecule has 0 aliphatic heterocycles. The predicted octanol–water partition coefficient (Wildman–Crippen LogP) is 1.87. The van der Waals surface area contributed by atoms with Gasteiger partial charge in [-0.2, -0.15) is 0 Å². The quantitative estimate of drug-likeness (QED) is 0.506. The average Bonchev–Trinajstić information content (AvgIpc) is 1.65. The fourth-order valence-electron chi connectivity index (χ4n) is 0.448. The van der Waals surface area contributed by atoms with Gasteiger partial charge < -0.3 is 5.48 Å². The topological polar surface area (TPSA) is 31.5 Å². The van der Waals surface area contributed by atoms with Crippen molar-refractivity contribution in [2.24, 2.45) is 0 Å². The molecule has 0 atom stereocenters. The summed E-state index contributed by atoms with van der Waals surface area (Å²) in [7, 11) is 0. The minimum atomic E-state index is 0. The van der Waals surface area contributed by atoms with Gasteiger partial charge in [-0.25, -0.2) is 0 Å². The first-order valence-electron chi connectivity index (χ1n) is 2.63. The molecule has 0 aromatic carbocycles. The Bertz CT molecular complexity index is 132. The molecule has 0 aromatic rings. The molecule has 0 aliphatic rings. The van der Waals surface area contributed by atoms with Crippen molar-refractivity contribution in [2.75, 3.05) is 0 Å². The van der Waals surface area contributed by atoms with Gasteiger partial charge in [0.15, 0.2) is 0 Å². The van der Waals surface area contributed by atoms with Crippen molar-refractivity contribution < 1.29 is 5.48 Å². The highest BCUT2D eigenvalue weighted by atomic mass is 16.0. The van der Waals surface area contributed by atoms with Crippen LogP contribution in [0.25, 0.3) is 0 Å². The van der Waals surface area contributed by atoms with E-state index in [0.717, 1.165) is 11.1 Å². The Labute approximate surface area is 56.7 Å². The number of allylic oxidation sites excluding steroid dienone is 4. The molecule has 0 spiro atoms. The minimum absolute atomic E-state index is 0. The van der Waals surface area contributed by atoms with Gasteiger partial charge in [0.1, 0.15) is 0 Å². The SMILES string of the molecule is C=C/C(C)=C\C(=C)C.O. The Morgan fingerprint density at radius 1 is 1.33 bits per heavy atom. The average molecular weight is 126 g/mol. The van der Waals surface area contributed by atoms with E-state index in [0.29, 0.717) is 0 Å². The van der Waals surface area contributed by atoms with E-state index >= 15 is 0 Å². The smallest absolute Gasteiger partial charge is 0.0398 e. The first-order valence-corrected chi connectivity index (χ1v) is 2.63. The Kier molecular flexibility index (Phi) is 6.53. The summed E-state index contributed by atoms with van der Waals surface area (Å²) >= 11 is 0. The second kappa shape index (κ2) is 5.32. The summed E-state index contributed by atoms with van der Waals surface area (Å²) in [5, 5.41) is 0. The first-order chi connectivity index (χ1) is 3.66. The molecule has 2 N–H and O–H groups in total. The van der Waals surface area contributed by atoms with Gasteiger partial charge in [-0.05, 0) is 13.8 Å². The van der Waals surface area contributed by atoms with Gasteiger partial charge in [-0.1, -0.05) is 36.5 Å². The van der Waals surface area contributed by atoms with E-state index < -0.39 is 0 Å². The van der Waals surface area contributed by atoms with E-state index in [1.165, 1.54) is 0 Å². The van der Waals surface area contributed by atoms with Crippen molar-refractivity contribution in [3.8, 4) is 0 Å². The molecule has 52 valence electrons. The molecule has 0 saturated carbocycles. The molecule has 0 fully saturated rings. The van der Waals surface area contributed by atoms with Gasteiger partial charge in [0, 0.05) is 0 Å². The summed E-state index contributed by atoms with van der Waals surface area (Å²) in [4.78, 5) is 0. The van der Waals surface area contributed by atoms with Crippen LogP contribution in [-0.4, -0.2) is 5.48 Å². The second-order valence-electron chi connectivity index (χ2n) is 1.94. The summed E-state index contributed by atoms with van der Waals surface area (Å²) in [6.07, 6.45) is 3.81. The lowest BCUT2D eigenvalue weighted by Crippen LogP contribution is -1.66. The molecule has 0 unspecified atom stereocenters. The lowest BCUT2D eigenvalue weighted by molar-refractivity contribution is 0.824. The Morgan fingerprint density at radius 3 is 1.89 bits per heavy atom. The normalized spacial score (nSPS) is 9.78. The van der Waals surface area contributed by atoms with Crippen molar-refractivity contribution in [2.45, 2.75) is 13.8 Å². The zero-order chi connectivity index (χ0) is 6.57. The van der Waals surface area contributed by atoms with E-state index in [-0.39, 0.29) is 5.48 Å².